The summed E-state index contributed by atoms with van der Waals surface area (Å²) in [6.07, 6.45) is 0.387. The van der Waals surface area contributed by atoms with E-state index in [1.54, 1.807) is 31.4 Å². The molecule has 0 fully saturated rings. The minimum atomic E-state index is -0.856. The predicted octanol–water partition coefficient (Wildman–Crippen LogP) is 2.88. The van der Waals surface area contributed by atoms with E-state index in [0.29, 0.717) is 36.9 Å². The van der Waals surface area contributed by atoms with Crippen molar-refractivity contribution in [1.82, 2.24) is 0 Å². The fourth-order valence-corrected chi connectivity index (χ4v) is 2.63. The van der Waals surface area contributed by atoms with Crippen LogP contribution in [-0.2, 0) is 11.2 Å². The summed E-state index contributed by atoms with van der Waals surface area (Å²) in [6, 6.07) is 12.7. The van der Waals surface area contributed by atoms with E-state index in [9.17, 15) is 9.90 Å². The second-order valence-corrected chi connectivity index (χ2v) is 5.35. The summed E-state index contributed by atoms with van der Waals surface area (Å²) < 4.78 is 16.2. The average Bonchev–Trinajstić information content (AvgIpc) is 2.59. The maximum Gasteiger partial charge on any atom is 0.311 e. The van der Waals surface area contributed by atoms with Gasteiger partial charge in [0.1, 0.15) is 19.0 Å². The summed E-state index contributed by atoms with van der Waals surface area (Å²) in [7, 11) is 1.58. The second-order valence-electron chi connectivity index (χ2n) is 5.35. The van der Waals surface area contributed by atoms with Gasteiger partial charge in [-0.25, -0.2) is 0 Å². The fraction of sp³-hybridized carbons (Fsp3) is 0.278. The number of rotatable bonds is 5. The zero-order valence-corrected chi connectivity index (χ0v) is 12.8. The van der Waals surface area contributed by atoms with Gasteiger partial charge in [-0.05, 0) is 41.8 Å². The molecule has 0 radical (unpaired) electrons. The van der Waals surface area contributed by atoms with Gasteiger partial charge in [0.05, 0.1) is 13.0 Å². The first-order chi connectivity index (χ1) is 11.2. The van der Waals surface area contributed by atoms with E-state index in [1.807, 2.05) is 18.2 Å². The smallest absolute Gasteiger partial charge is 0.311 e. The lowest BCUT2D eigenvalue weighted by atomic mass is 9.92. The predicted molar refractivity (Wildman–Crippen MR) is 84.5 cm³/mol. The third kappa shape index (κ3) is 3.39. The second kappa shape index (κ2) is 6.60. The third-order valence-electron chi connectivity index (χ3n) is 3.86. The van der Waals surface area contributed by atoms with Gasteiger partial charge in [0.15, 0.2) is 11.5 Å². The van der Waals surface area contributed by atoms with Crippen LogP contribution in [0.3, 0.4) is 0 Å². The standard InChI is InChI=1S/C18H18O5/c1-21-14-5-3-13(4-6-14)15(18(19)20)10-12-2-7-16-17(11-12)23-9-8-22-16/h2-7,11,15H,8-10H2,1H3,(H,19,20). The molecule has 2 aromatic rings. The zero-order chi connectivity index (χ0) is 16.2. The highest BCUT2D eigenvalue weighted by Crippen LogP contribution is 2.33. The number of hydrogen-bond acceptors (Lipinski definition) is 4. The number of benzene rings is 2. The SMILES string of the molecule is COc1ccc(C(Cc2ccc3c(c2)OCCO3)C(=O)O)cc1. The van der Waals surface area contributed by atoms with Gasteiger partial charge >= 0.3 is 5.97 Å². The maximum absolute atomic E-state index is 11.7. The molecule has 1 N–H and O–H groups in total. The number of carboxylic acids is 1. The number of ether oxygens (including phenoxy) is 3. The molecule has 1 aliphatic heterocycles. The first kappa shape index (κ1) is 15.2. The quantitative estimate of drug-likeness (QED) is 0.919. The van der Waals surface area contributed by atoms with Crippen molar-refractivity contribution in [2.24, 2.45) is 0 Å². The Bertz CT molecular complexity index is 693. The first-order valence-electron chi connectivity index (χ1n) is 7.42. The summed E-state index contributed by atoms with van der Waals surface area (Å²) in [5.41, 5.74) is 1.64. The molecule has 1 aliphatic rings. The van der Waals surface area contributed by atoms with Gasteiger partial charge in [0.2, 0.25) is 0 Å². The molecule has 23 heavy (non-hydrogen) atoms. The van der Waals surface area contributed by atoms with Crippen molar-refractivity contribution in [1.29, 1.82) is 0 Å². The highest BCUT2D eigenvalue weighted by molar-refractivity contribution is 5.76. The Hall–Kier alpha value is -2.69. The Morgan fingerprint density at radius 1 is 1.13 bits per heavy atom. The molecule has 1 heterocycles. The average molecular weight is 314 g/mol. The Balaban J connectivity index is 1.83. The maximum atomic E-state index is 11.7. The molecule has 5 heteroatoms. The van der Waals surface area contributed by atoms with E-state index in [2.05, 4.69) is 0 Å². The molecular formula is C18H18O5. The Morgan fingerprint density at radius 3 is 2.48 bits per heavy atom. The summed E-state index contributed by atoms with van der Waals surface area (Å²) in [5.74, 6) is 0.606. The molecule has 0 bridgehead atoms. The Kier molecular flexibility index (Phi) is 4.37. The first-order valence-corrected chi connectivity index (χ1v) is 7.42. The van der Waals surface area contributed by atoms with Crippen LogP contribution in [-0.4, -0.2) is 31.4 Å². The van der Waals surface area contributed by atoms with Crippen molar-refractivity contribution in [3.05, 3.63) is 53.6 Å². The zero-order valence-electron chi connectivity index (χ0n) is 12.8. The monoisotopic (exact) mass is 314 g/mol. The molecule has 0 saturated heterocycles. The lowest BCUT2D eigenvalue weighted by molar-refractivity contribution is -0.138. The highest BCUT2D eigenvalue weighted by Gasteiger charge is 2.22. The van der Waals surface area contributed by atoms with Gasteiger partial charge in [-0.3, -0.25) is 4.79 Å². The minimum absolute atomic E-state index is 0.387. The molecule has 1 unspecified atom stereocenters. The van der Waals surface area contributed by atoms with Gasteiger partial charge < -0.3 is 19.3 Å². The normalized spacial score (nSPS) is 14.1. The number of hydrogen-bond donors (Lipinski definition) is 1. The summed E-state index contributed by atoms with van der Waals surface area (Å²) in [6.45, 7) is 1.05. The molecule has 1 atom stereocenters. The fourth-order valence-electron chi connectivity index (χ4n) is 2.63. The molecule has 2 aromatic carbocycles. The van der Waals surface area contributed by atoms with Crippen molar-refractivity contribution >= 4 is 5.97 Å². The third-order valence-corrected chi connectivity index (χ3v) is 3.86. The van der Waals surface area contributed by atoms with Crippen LogP contribution in [0.1, 0.15) is 17.0 Å². The van der Waals surface area contributed by atoms with Crippen LogP contribution in [0.5, 0.6) is 17.2 Å². The highest BCUT2D eigenvalue weighted by atomic mass is 16.6. The van der Waals surface area contributed by atoms with Crippen LogP contribution in [0.2, 0.25) is 0 Å². The van der Waals surface area contributed by atoms with Crippen LogP contribution in [0.4, 0.5) is 0 Å². The lowest BCUT2D eigenvalue weighted by Crippen LogP contribution is -2.17. The topological polar surface area (TPSA) is 65.0 Å². The van der Waals surface area contributed by atoms with E-state index in [-0.39, 0.29) is 0 Å². The number of aliphatic carboxylic acids is 1. The van der Waals surface area contributed by atoms with E-state index in [0.717, 1.165) is 11.1 Å². The molecule has 0 saturated carbocycles. The molecule has 0 amide bonds. The molecule has 0 spiro atoms. The van der Waals surface area contributed by atoms with E-state index in [1.165, 1.54) is 0 Å². The Labute approximate surface area is 134 Å². The van der Waals surface area contributed by atoms with E-state index < -0.39 is 11.9 Å². The molecule has 3 rings (SSSR count). The summed E-state index contributed by atoms with van der Waals surface area (Å²) in [4.78, 5) is 11.7. The number of fused-ring (bicyclic) bond motifs is 1. The molecule has 120 valence electrons. The summed E-state index contributed by atoms with van der Waals surface area (Å²) >= 11 is 0. The molecule has 0 aliphatic carbocycles. The van der Waals surface area contributed by atoms with Crippen LogP contribution in [0, 0.1) is 0 Å². The molecule has 5 nitrogen and oxygen atoms in total. The van der Waals surface area contributed by atoms with Crippen LogP contribution >= 0.6 is 0 Å². The van der Waals surface area contributed by atoms with Crippen molar-refractivity contribution < 1.29 is 24.1 Å². The van der Waals surface area contributed by atoms with Gasteiger partial charge in [0.25, 0.3) is 0 Å². The minimum Gasteiger partial charge on any atom is -0.497 e. The van der Waals surface area contributed by atoms with Crippen LogP contribution in [0.25, 0.3) is 0 Å². The lowest BCUT2D eigenvalue weighted by Gasteiger charge is -2.20. The van der Waals surface area contributed by atoms with Crippen molar-refractivity contribution in [2.45, 2.75) is 12.3 Å². The van der Waals surface area contributed by atoms with Crippen molar-refractivity contribution in [3.63, 3.8) is 0 Å². The number of methoxy groups -OCH3 is 1. The molecular weight excluding hydrogens is 296 g/mol. The number of carbonyl (C=O) groups is 1. The molecule has 0 aromatic heterocycles. The van der Waals surface area contributed by atoms with Crippen molar-refractivity contribution in [2.75, 3.05) is 20.3 Å². The Morgan fingerprint density at radius 2 is 1.83 bits per heavy atom. The van der Waals surface area contributed by atoms with Gasteiger partial charge in [-0.2, -0.15) is 0 Å². The van der Waals surface area contributed by atoms with Gasteiger partial charge in [-0.15, -0.1) is 0 Å². The van der Waals surface area contributed by atoms with E-state index in [4.69, 9.17) is 14.2 Å². The largest absolute Gasteiger partial charge is 0.497 e. The summed E-state index contributed by atoms with van der Waals surface area (Å²) in [5, 5.41) is 9.57. The van der Waals surface area contributed by atoms with Crippen LogP contribution in [0.15, 0.2) is 42.5 Å². The van der Waals surface area contributed by atoms with E-state index >= 15 is 0 Å². The van der Waals surface area contributed by atoms with Crippen molar-refractivity contribution in [3.8, 4) is 17.2 Å². The number of carboxylic acid groups (broad SMARTS) is 1. The van der Waals surface area contributed by atoms with Gasteiger partial charge in [0, 0.05) is 0 Å². The van der Waals surface area contributed by atoms with Crippen LogP contribution < -0.4 is 14.2 Å². The van der Waals surface area contributed by atoms with Gasteiger partial charge in [-0.1, -0.05) is 18.2 Å².